The Hall–Kier alpha value is -1.62. The molecular formula is C11H13N3OS. The number of hydrogen-bond donors (Lipinski definition) is 1. The molecular weight excluding hydrogens is 222 g/mol. The minimum Gasteiger partial charge on any atom is -0.494 e. The smallest absolute Gasteiger partial charge is 0.210 e. The first-order valence-electron chi connectivity index (χ1n) is 5.08. The molecule has 0 saturated heterocycles. The van der Waals surface area contributed by atoms with Crippen molar-refractivity contribution >= 4 is 22.2 Å². The average Bonchev–Trinajstić information content (AvgIpc) is 2.67. The number of rotatable bonds is 4. The van der Waals surface area contributed by atoms with E-state index >= 15 is 0 Å². The number of anilines is 2. The van der Waals surface area contributed by atoms with E-state index in [-0.39, 0.29) is 0 Å². The van der Waals surface area contributed by atoms with Crippen molar-refractivity contribution in [2.24, 2.45) is 0 Å². The number of nitrogens with one attached hydrogen (secondary N) is 1. The Balaban J connectivity index is 2.05. The van der Waals surface area contributed by atoms with E-state index in [4.69, 9.17) is 4.74 Å². The Bertz CT molecular complexity index is 453. The van der Waals surface area contributed by atoms with Gasteiger partial charge in [0.2, 0.25) is 5.13 Å². The second kappa shape index (κ2) is 4.94. The quantitative estimate of drug-likeness (QED) is 0.885. The van der Waals surface area contributed by atoms with Gasteiger partial charge in [0.1, 0.15) is 10.8 Å². The highest BCUT2D eigenvalue weighted by Crippen LogP contribution is 2.22. The van der Waals surface area contributed by atoms with Crippen LogP contribution in [0.3, 0.4) is 0 Å². The molecule has 0 radical (unpaired) electrons. The van der Waals surface area contributed by atoms with Gasteiger partial charge in [0.15, 0.2) is 0 Å². The summed E-state index contributed by atoms with van der Waals surface area (Å²) < 4.78 is 5.36. The molecule has 0 aliphatic rings. The zero-order chi connectivity index (χ0) is 11.4. The first kappa shape index (κ1) is 10.9. The molecule has 1 aromatic heterocycles. The standard InChI is InChI=1S/C11H13N3OS/c1-3-15-10-6-4-9(5-7-10)12-11-14-13-8(2)16-11/h4-7H,3H2,1-2H3,(H,12,14). The highest BCUT2D eigenvalue weighted by atomic mass is 32.1. The SMILES string of the molecule is CCOc1ccc(Nc2nnc(C)s2)cc1. The Morgan fingerprint density at radius 1 is 1.25 bits per heavy atom. The third-order valence-corrected chi connectivity index (χ3v) is 2.70. The number of hydrogen-bond acceptors (Lipinski definition) is 5. The van der Waals surface area contributed by atoms with Crippen LogP contribution < -0.4 is 10.1 Å². The van der Waals surface area contributed by atoms with Crippen molar-refractivity contribution in [3.05, 3.63) is 29.3 Å². The first-order valence-corrected chi connectivity index (χ1v) is 5.89. The van der Waals surface area contributed by atoms with E-state index in [0.717, 1.165) is 21.6 Å². The van der Waals surface area contributed by atoms with Crippen LogP contribution in [-0.4, -0.2) is 16.8 Å². The maximum absolute atomic E-state index is 5.36. The maximum Gasteiger partial charge on any atom is 0.210 e. The third-order valence-electron chi connectivity index (χ3n) is 1.94. The lowest BCUT2D eigenvalue weighted by molar-refractivity contribution is 0.340. The number of ether oxygens (including phenoxy) is 1. The number of aromatic nitrogens is 2. The minimum atomic E-state index is 0.683. The zero-order valence-corrected chi connectivity index (χ0v) is 10.0. The molecule has 2 rings (SSSR count). The Morgan fingerprint density at radius 2 is 2.00 bits per heavy atom. The van der Waals surface area contributed by atoms with E-state index in [2.05, 4.69) is 15.5 Å². The van der Waals surface area contributed by atoms with Crippen molar-refractivity contribution in [1.29, 1.82) is 0 Å². The summed E-state index contributed by atoms with van der Waals surface area (Å²) >= 11 is 1.53. The lowest BCUT2D eigenvalue weighted by Crippen LogP contribution is -1.92. The summed E-state index contributed by atoms with van der Waals surface area (Å²) in [4.78, 5) is 0. The van der Waals surface area contributed by atoms with E-state index in [9.17, 15) is 0 Å². The minimum absolute atomic E-state index is 0.683. The van der Waals surface area contributed by atoms with Gasteiger partial charge in [0, 0.05) is 5.69 Å². The summed E-state index contributed by atoms with van der Waals surface area (Å²) in [5, 5.41) is 12.9. The summed E-state index contributed by atoms with van der Waals surface area (Å²) in [6.45, 7) is 4.58. The normalized spacial score (nSPS) is 10.1. The van der Waals surface area contributed by atoms with Crippen LogP contribution in [0, 0.1) is 6.92 Å². The highest BCUT2D eigenvalue weighted by molar-refractivity contribution is 7.15. The summed E-state index contributed by atoms with van der Waals surface area (Å²) in [6, 6.07) is 7.78. The molecule has 84 valence electrons. The Labute approximate surface area is 98.3 Å². The van der Waals surface area contributed by atoms with Crippen molar-refractivity contribution in [2.45, 2.75) is 13.8 Å². The number of benzene rings is 1. The van der Waals surface area contributed by atoms with Gasteiger partial charge in [-0.15, -0.1) is 10.2 Å². The summed E-state index contributed by atoms with van der Waals surface area (Å²) in [6.07, 6.45) is 0. The van der Waals surface area contributed by atoms with Crippen LogP contribution in [0.2, 0.25) is 0 Å². The maximum atomic E-state index is 5.36. The number of aryl methyl sites for hydroxylation is 1. The molecule has 0 amide bonds. The fourth-order valence-electron chi connectivity index (χ4n) is 1.27. The molecule has 5 heteroatoms. The Kier molecular flexibility index (Phi) is 3.36. The fourth-order valence-corrected chi connectivity index (χ4v) is 1.88. The molecule has 0 spiro atoms. The van der Waals surface area contributed by atoms with E-state index in [1.54, 1.807) is 0 Å². The predicted octanol–water partition coefficient (Wildman–Crippen LogP) is 2.99. The molecule has 1 aromatic carbocycles. The molecule has 0 aliphatic heterocycles. The summed E-state index contributed by atoms with van der Waals surface area (Å²) in [5.74, 6) is 0.876. The molecule has 1 N–H and O–H groups in total. The monoisotopic (exact) mass is 235 g/mol. The topological polar surface area (TPSA) is 47.0 Å². The van der Waals surface area contributed by atoms with Crippen molar-refractivity contribution in [3.8, 4) is 5.75 Å². The van der Waals surface area contributed by atoms with Crippen molar-refractivity contribution < 1.29 is 4.74 Å². The van der Waals surface area contributed by atoms with Gasteiger partial charge in [-0.3, -0.25) is 0 Å². The van der Waals surface area contributed by atoms with Gasteiger partial charge in [0.05, 0.1) is 6.61 Å². The van der Waals surface area contributed by atoms with Gasteiger partial charge in [-0.1, -0.05) is 11.3 Å². The van der Waals surface area contributed by atoms with E-state index in [0.29, 0.717) is 6.61 Å². The molecule has 1 heterocycles. The largest absolute Gasteiger partial charge is 0.494 e. The second-order valence-electron chi connectivity index (χ2n) is 3.21. The lowest BCUT2D eigenvalue weighted by Gasteiger charge is -2.04. The van der Waals surface area contributed by atoms with Gasteiger partial charge < -0.3 is 10.1 Å². The average molecular weight is 235 g/mol. The van der Waals surface area contributed by atoms with Crippen LogP contribution in [0.4, 0.5) is 10.8 Å². The Morgan fingerprint density at radius 3 is 2.56 bits per heavy atom. The number of nitrogens with zero attached hydrogens (tertiary/aromatic N) is 2. The van der Waals surface area contributed by atoms with Crippen LogP contribution in [0.15, 0.2) is 24.3 Å². The fraction of sp³-hybridized carbons (Fsp3) is 0.273. The third kappa shape index (κ3) is 2.70. The predicted molar refractivity (Wildman–Crippen MR) is 65.5 cm³/mol. The lowest BCUT2D eigenvalue weighted by atomic mass is 10.3. The van der Waals surface area contributed by atoms with Gasteiger partial charge in [-0.25, -0.2) is 0 Å². The van der Waals surface area contributed by atoms with E-state index in [1.807, 2.05) is 38.1 Å². The zero-order valence-electron chi connectivity index (χ0n) is 9.23. The van der Waals surface area contributed by atoms with Gasteiger partial charge in [-0.05, 0) is 38.1 Å². The molecule has 0 fully saturated rings. The molecule has 0 unspecified atom stereocenters. The summed E-state index contributed by atoms with van der Waals surface area (Å²) in [5.41, 5.74) is 0.986. The van der Waals surface area contributed by atoms with Crippen LogP contribution in [0.1, 0.15) is 11.9 Å². The van der Waals surface area contributed by atoms with Crippen molar-refractivity contribution in [3.63, 3.8) is 0 Å². The molecule has 2 aromatic rings. The van der Waals surface area contributed by atoms with Crippen LogP contribution in [-0.2, 0) is 0 Å². The molecule has 4 nitrogen and oxygen atoms in total. The van der Waals surface area contributed by atoms with Crippen LogP contribution in [0.25, 0.3) is 0 Å². The van der Waals surface area contributed by atoms with Crippen molar-refractivity contribution in [2.75, 3.05) is 11.9 Å². The molecule has 0 atom stereocenters. The van der Waals surface area contributed by atoms with Crippen molar-refractivity contribution in [1.82, 2.24) is 10.2 Å². The highest BCUT2D eigenvalue weighted by Gasteiger charge is 2.00. The van der Waals surface area contributed by atoms with Gasteiger partial charge >= 0.3 is 0 Å². The molecule has 16 heavy (non-hydrogen) atoms. The van der Waals surface area contributed by atoms with E-state index < -0.39 is 0 Å². The van der Waals surface area contributed by atoms with Gasteiger partial charge in [-0.2, -0.15) is 0 Å². The molecule has 0 aliphatic carbocycles. The van der Waals surface area contributed by atoms with Crippen LogP contribution in [0.5, 0.6) is 5.75 Å². The second-order valence-corrected chi connectivity index (χ2v) is 4.39. The molecule has 0 saturated carbocycles. The van der Waals surface area contributed by atoms with E-state index in [1.165, 1.54) is 11.3 Å². The van der Waals surface area contributed by atoms with Crippen LogP contribution >= 0.6 is 11.3 Å². The molecule has 0 bridgehead atoms. The summed E-state index contributed by atoms with van der Waals surface area (Å²) in [7, 11) is 0. The van der Waals surface area contributed by atoms with Gasteiger partial charge in [0.25, 0.3) is 0 Å². The first-order chi connectivity index (χ1) is 7.78.